The van der Waals surface area contributed by atoms with Gasteiger partial charge in [-0.2, -0.15) is 18.1 Å². The van der Waals surface area contributed by atoms with Crippen molar-refractivity contribution >= 4 is 31.2 Å². The van der Waals surface area contributed by atoms with Gasteiger partial charge in [-0.3, -0.25) is 4.90 Å². The minimum atomic E-state index is -0.0730. The first-order valence-electron chi connectivity index (χ1n) is 7.14. The Morgan fingerprint density at radius 1 is 1.00 bits per heavy atom. The summed E-state index contributed by atoms with van der Waals surface area (Å²) in [5.74, 6) is 1.09. The van der Waals surface area contributed by atoms with Crippen LogP contribution in [-0.2, 0) is 52.4 Å². The van der Waals surface area contributed by atoms with Crippen molar-refractivity contribution in [1.29, 1.82) is 0 Å². The van der Waals surface area contributed by atoms with Gasteiger partial charge in [0.15, 0.2) is 0 Å². The standard InChI is InChI=1S/C13H29N3OS2.O.Tc/c1-3-15(4-2)7-5-8-16(9-11-19)12-13(17)14-6-10-18;;/h3-12H2,1-2H3,(H3,14,17,18,19);;/q;;+3/p-3/i;;1+1. The SMILES string of the molecule is CCN(CC)CCCN(CC[S-])CC(=O)[N-]CC[S-].[O]=[99Tc+3]. The molecule has 0 aliphatic heterocycles. The zero-order valence-electron chi connectivity index (χ0n) is 12.9. The molecule has 5 nitrogen and oxygen atoms in total. The average molecular weight is 419 g/mol. The quantitative estimate of drug-likeness (QED) is 0.438. The van der Waals surface area contributed by atoms with E-state index in [0.717, 1.165) is 58.0 Å². The van der Waals surface area contributed by atoms with E-state index in [1.165, 1.54) is 0 Å². The van der Waals surface area contributed by atoms with Gasteiger partial charge in [0.2, 0.25) is 0 Å². The fourth-order valence-corrected chi connectivity index (χ4v) is 2.22. The molecule has 0 bridgehead atoms. The first-order valence-corrected chi connectivity index (χ1v) is 9.05. The Labute approximate surface area is 150 Å². The van der Waals surface area contributed by atoms with E-state index in [9.17, 15) is 4.79 Å². The number of rotatable bonds is 12. The third-order valence-electron chi connectivity index (χ3n) is 2.99. The number of carbonyl (C=O) groups is 1. The van der Waals surface area contributed by atoms with E-state index in [1.54, 1.807) is 0 Å². The van der Waals surface area contributed by atoms with Crippen LogP contribution < -0.4 is 0 Å². The molecule has 0 saturated carbocycles. The molecular weight excluding hydrogens is 393 g/mol. The van der Waals surface area contributed by atoms with Crippen molar-refractivity contribution in [2.45, 2.75) is 20.3 Å². The van der Waals surface area contributed by atoms with Crippen molar-refractivity contribution in [2.24, 2.45) is 0 Å². The van der Waals surface area contributed by atoms with Crippen LogP contribution in [0.3, 0.4) is 0 Å². The maximum atomic E-state index is 11.6. The summed E-state index contributed by atoms with van der Waals surface area (Å²) in [5, 5.41) is 3.91. The van der Waals surface area contributed by atoms with Gasteiger partial charge in [-0.25, -0.2) is 0 Å². The third-order valence-corrected chi connectivity index (χ3v) is 3.35. The van der Waals surface area contributed by atoms with Gasteiger partial charge in [-0.1, -0.05) is 13.8 Å². The average Bonchev–Trinajstić information content (AvgIpc) is 2.51. The fraction of sp³-hybridized carbons (Fsp3) is 0.923. The van der Waals surface area contributed by atoms with E-state index in [0.29, 0.717) is 24.6 Å². The van der Waals surface area contributed by atoms with Crippen LogP contribution in [0.15, 0.2) is 0 Å². The van der Waals surface area contributed by atoms with Crippen LogP contribution in [0.1, 0.15) is 20.3 Å². The second-order valence-corrected chi connectivity index (χ2v) is 5.16. The molecule has 0 aromatic rings. The molecule has 0 saturated heterocycles. The Morgan fingerprint density at radius 2 is 1.57 bits per heavy atom. The number of carbonyl (C=O) groups excluding carboxylic acids is 1. The van der Waals surface area contributed by atoms with E-state index < -0.39 is 0 Å². The van der Waals surface area contributed by atoms with Gasteiger partial charge in [-0.15, -0.1) is 0 Å². The molecule has 0 fully saturated rings. The van der Waals surface area contributed by atoms with Crippen molar-refractivity contribution in [2.75, 3.05) is 57.3 Å². The van der Waals surface area contributed by atoms with Crippen molar-refractivity contribution in [3.8, 4) is 0 Å². The van der Waals surface area contributed by atoms with Gasteiger partial charge < -0.3 is 40.3 Å². The fourth-order valence-electron chi connectivity index (χ4n) is 1.87. The molecule has 0 atom stereocenters. The van der Waals surface area contributed by atoms with Gasteiger partial charge in [0, 0.05) is 6.54 Å². The minimum absolute atomic E-state index is 0.0730. The molecule has 21 heavy (non-hydrogen) atoms. The summed E-state index contributed by atoms with van der Waals surface area (Å²) in [6.45, 7) is 10.1. The van der Waals surface area contributed by atoms with Crippen LogP contribution in [-0.4, -0.2) is 73.0 Å². The molecule has 0 aromatic heterocycles. The molecule has 0 rings (SSSR count). The van der Waals surface area contributed by atoms with Crippen molar-refractivity contribution in [1.82, 2.24) is 9.80 Å². The summed E-state index contributed by atoms with van der Waals surface area (Å²) in [6.07, 6.45) is 1.06. The van der Waals surface area contributed by atoms with E-state index in [2.05, 4.69) is 29.0 Å². The number of hydrogen-bond donors (Lipinski definition) is 0. The van der Waals surface area contributed by atoms with Crippen molar-refractivity contribution < 1.29 is 27.2 Å². The van der Waals surface area contributed by atoms with Crippen LogP contribution in [0.25, 0.3) is 5.32 Å². The molecule has 0 heterocycles. The van der Waals surface area contributed by atoms with E-state index in [-0.39, 0.29) is 5.91 Å². The molecule has 0 aromatic carbocycles. The van der Waals surface area contributed by atoms with Gasteiger partial charge in [-0.05, 0) is 39.1 Å². The van der Waals surface area contributed by atoms with Crippen LogP contribution in [0.4, 0.5) is 0 Å². The van der Waals surface area contributed by atoms with Crippen LogP contribution in [0.2, 0.25) is 0 Å². The van der Waals surface area contributed by atoms with Gasteiger partial charge >= 0.3 is 22.4 Å². The molecule has 0 radical (unpaired) electrons. The molecule has 0 aliphatic carbocycles. The molecule has 0 N–H and O–H groups in total. The van der Waals surface area contributed by atoms with E-state index in [4.69, 9.17) is 28.8 Å². The topological polar surface area (TPSA) is 54.7 Å². The molecule has 0 spiro atoms. The molecular formula is C13H26N3O2S2Tc. The number of amides is 1. The second-order valence-electron chi connectivity index (χ2n) is 4.34. The first kappa shape index (κ1) is 23.8. The number of nitrogens with zero attached hydrogens (tertiary/aromatic N) is 3. The van der Waals surface area contributed by atoms with Crippen molar-refractivity contribution in [3.05, 3.63) is 5.32 Å². The normalized spacial score (nSPS) is 10.3. The summed E-state index contributed by atoms with van der Waals surface area (Å²) in [5.41, 5.74) is 0. The Morgan fingerprint density at radius 3 is 2.05 bits per heavy atom. The monoisotopic (exact) mass is 419 g/mol. The Bertz CT molecular complexity index is 247. The van der Waals surface area contributed by atoms with Crippen LogP contribution in [0, 0.1) is 0 Å². The maximum absolute atomic E-state index is 11.6. The Balaban J connectivity index is 0. The van der Waals surface area contributed by atoms with E-state index >= 15 is 0 Å². The molecule has 0 unspecified atom stereocenters. The van der Waals surface area contributed by atoms with Crippen LogP contribution >= 0.6 is 0 Å². The predicted molar refractivity (Wildman–Crippen MR) is 87.2 cm³/mol. The zero-order valence-corrected chi connectivity index (χ0v) is 16.4. The van der Waals surface area contributed by atoms with Gasteiger partial charge in [0.1, 0.15) is 0 Å². The second kappa shape index (κ2) is 18.6. The Kier molecular flexibility index (Phi) is 21.1. The third kappa shape index (κ3) is 15.2. The van der Waals surface area contributed by atoms with Crippen LogP contribution in [0.5, 0.6) is 0 Å². The molecule has 124 valence electrons. The molecule has 0 aliphatic rings. The van der Waals surface area contributed by atoms with E-state index in [1.807, 2.05) is 0 Å². The summed E-state index contributed by atoms with van der Waals surface area (Å²) < 4.78 is 8.22. The summed E-state index contributed by atoms with van der Waals surface area (Å²) in [4.78, 5) is 16.1. The molecule has 8 heteroatoms. The number of hydrogen-bond acceptors (Lipinski definition) is 6. The first-order chi connectivity index (χ1) is 10.2. The zero-order chi connectivity index (χ0) is 16.5. The Hall–Kier alpha value is 0.539. The predicted octanol–water partition coefficient (Wildman–Crippen LogP) is 0.893. The summed E-state index contributed by atoms with van der Waals surface area (Å²) in [7, 11) is 0. The van der Waals surface area contributed by atoms with Gasteiger partial charge in [0.05, 0.1) is 5.91 Å². The molecule has 1 amide bonds. The summed E-state index contributed by atoms with van der Waals surface area (Å²) in [6, 6.07) is 0. The van der Waals surface area contributed by atoms with Gasteiger partial charge in [0.25, 0.3) is 0 Å². The van der Waals surface area contributed by atoms with Crippen molar-refractivity contribution in [3.63, 3.8) is 0 Å². The summed E-state index contributed by atoms with van der Waals surface area (Å²) >= 11 is 10.7.